The molecule has 1 aliphatic rings. The van der Waals surface area contributed by atoms with E-state index in [-0.39, 0.29) is 22.6 Å². The summed E-state index contributed by atoms with van der Waals surface area (Å²) in [6.45, 7) is 2.55. The second-order valence-electron chi connectivity index (χ2n) is 8.93. The molecule has 0 unspecified atom stereocenters. The highest BCUT2D eigenvalue weighted by Crippen LogP contribution is 2.33. The van der Waals surface area contributed by atoms with Gasteiger partial charge in [-0.1, -0.05) is 36.4 Å². The number of carbonyl (C=O) groups excluding carboxylic acids is 2. The molecule has 0 aliphatic carbocycles. The normalized spacial score (nSPS) is 12.3. The Morgan fingerprint density at radius 2 is 1.69 bits per heavy atom. The molecule has 0 fully saturated rings. The molecular weight excluding hydrogens is 458 g/mol. The van der Waals surface area contributed by atoms with Crippen LogP contribution in [0.25, 0.3) is 0 Å². The fourth-order valence-electron chi connectivity index (χ4n) is 4.27. The SMILES string of the molecule is CNCCCOc1ccc2c(c1)CN(C(=O)c1cc(C(=O)N(C)Cc3ccccc3)c(O)cc1O)C2. The van der Waals surface area contributed by atoms with Crippen LogP contribution in [0.4, 0.5) is 0 Å². The molecule has 0 saturated carbocycles. The van der Waals surface area contributed by atoms with E-state index in [4.69, 9.17) is 4.74 Å². The van der Waals surface area contributed by atoms with E-state index in [0.29, 0.717) is 26.2 Å². The number of amides is 2. The van der Waals surface area contributed by atoms with Gasteiger partial charge < -0.3 is 30.1 Å². The van der Waals surface area contributed by atoms with Crippen LogP contribution < -0.4 is 10.1 Å². The minimum absolute atomic E-state index is 0.0272. The van der Waals surface area contributed by atoms with E-state index in [9.17, 15) is 19.8 Å². The smallest absolute Gasteiger partial charge is 0.258 e. The van der Waals surface area contributed by atoms with Crippen LogP contribution in [0.5, 0.6) is 17.2 Å². The van der Waals surface area contributed by atoms with E-state index in [1.807, 2.05) is 55.6 Å². The second-order valence-corrected chi connectivity index (χ2v) is 8.93. The zero-order valence-electron chi connectivity index (χ0n) is 20.5. The number of fused-ring (bicyclic) bond motifs is 1. The first kappa shape index (κ1) is 25.1. The molecule has 188 valence electrons. The Kier molecular flexibility index (Phi) is 7.75. The molecule has 8 nitrogen and oxygen atoms in total. The molecule has 0 atom stereocenters. The van der Waals surface area contributed by atoms with Crippen LogP contribution in [-0.2, 0) is 19.6 Å². The molecule has 0 radical (unpaired) electrons. The summed E-state index contributed by atoms with van der Waals surface area (Å²) >= 11 is 0. The number of hydrogen-bond donors (Lipinski definition) is 3. The van der Waals surface area contributed by atoms with Crippen LogP contribution in [0.3, 0.4) is 0 Å². The van der Waals surface area contributed by atoms with Crippen molar-refractivity contribution >= 4 is 11.8 Å². The number of aromatic hydroxyl groups is 2. The van der Waals surface area contributed by atoms with E-state index < -0.39 is 11.8 Å². The maximum atomic E-state index is 13.3. The second kappa shape index (κ2) is 11.1. The van der Waals surface area contributed by atoms with Gasteiger partial charge in [0.1, 0.15) is 17.2 Å². The van der Waals surface area contributed by atoms with Crippen LogP contribution in [-0.4, -0.2) is 59.1 Å². The van der Waals surface area contributed by atoms with Crippen molar-refractivity contribution in [2.75, 3.05) is 27.2 Å². The summed E-state index contributed by atoms with van der Waals surface area (Å²) in [5.41, 5.74) is 2.85. The van der Waals surface area contributed by atoms with Gasteiger partial charge in [0.25, 0.3) is 11.8 Å². The number of phenols is 2. The summed E-state index contributed by atoms with van der Waals surface area (Å²) in [5.74, 6) is -0.862. The molecular formula is C28H31N3O5. The molecule has 8 heteroatoms. The topological polar surface area (TPSA) is 102 Å². The number of ether oxygens (including phenoxy) is 1. The molecule has 2 amide bonds. The van der Waals surface area contributed by atoms with Crippen LogP contribution in [0.15, 0.2) is 60.7 Å². The Balaban J connectivity index is 1.48. The van der Waals surface area contributed by atoms with Gasteiger partial charge in [0.05, 0.1) is 17.7 Å². The molecule has 0 saturated heterocycles. The number of nitrogens with one attached hydrogen (secondary N) is 1. The van der Waals surface area contributed by atoms with E-state index in [1.165, 1.54) is 11.0 Å². The number of hydrogen-bond acceptors (Lipinski definition) is 6. The Morgan fingerprint density at radius 3 is 2.44 bits per heavy atom. The zero-order chi connectivity index (χ0) is 25.7. The highest BCUT2D eigenvalue weighted by molar-refractivity contribution is 6.03. The molecule has 1 aliphatic heterocycles. The molecule has 4 rings (SSSR count). The third-order valence-corrected chi connectivity index (χ3v) is 6.21. The molecule has 36 heavy (non-hydrogen) atoms. The Morgan fingerprint density at radius 1 is 0.972 bits per heavy atom. The molecule has 0 aromatic heterocycles. The van der Waals surface area contributed by atoms with Gasteiger partial charge in [0, 0.05) is 32.7 Å². The Labute approximate surface area is 210 Å². The lowest BCUT2D eigenvalue weighted by Crippen LogP contribution is -2.28. The summed E-state index contributed by atoms with van der Waals surface area (Å²) in [6.07, 6.45) is 0.889. The zero-order valence-corrected chi connectivity index (χ0v) is 20.5. The Bertz CT molecular complexity index is 1250. The first-order chi connectivity index (χ1) is 17.4. The van der Waals surface area contributed by atoms with Crippen molar-refractivity contribution in [3.05, 3.63) is 88.5 Å². The average Bonchev–Trinajstić information content (AvgIpc) is 3.30. The fraction of sp³-hybridized carbons (Fsp3) is 0.286. The Hall–Kier alpha value is -4.04. The van der Waals surface area contributed by atoms with Gasteiger partial charge in [-0.25, -0.2) is 0 Å². The molecule has 0 bridgehead atoms. The lowest BCUT2D eigenvalue weighted by molar-refractivity contribution is 0.0748. The largest absolute Gasteiger partial charge is 0.507 e. The van der Waals surface area contributed by atoms with Crippen molar-refractivity contribution in [1.29, 1.82) is 0 Å². The number of phenolic OH excluding ortho intramolecular Hbond substituents is 2. The van der Waals surface area contributed by atoms with E-state index in [0.717, 1.165) is 41.5 Å². The number of benzene rings is 3. The summed E-state index contributed by atoms with van der Waals surface area (Å²) < 4.78 is 5.80. The minimum Gasteiger partial charge on any atom is -0.507 e. The lowest BCUT2D eigenvalue weighted by Gasteiger charge is -2.20. The average molecular weight is 490 g/mol. The minimum atomic E-state index is -0.449. The van der Waals surface area contributed by atoms with Gasteiger partial charge in [-0.2, -0.15) is 0 Å². The molecule has 1 heterocycles. The number of nitrogens with zero attached hydrogens (tertiary/aromatic N) is 2. The molecule has 3 aromatic rings. The molecule has 3 aromatic carbocycles. The van der Waals surface area contributed by atoms with Crippen LogP contribution in [0.1, 0.15) is 43.8 Å². The molecule has 0 spiro atoms. The third kappa shape index (κ3) is 5.60. The van der Waals surface area contributed by atoms with Crippen molar-refractivity contribution in [1.82, 2.24) is 15.1 Å². The van der Waals surface area contributed by atoms with Crippen LogP contribution >= 0.6 is 0 Å². The van der Waals surface area contributed by atoms with Crippen molar-refractivity contribution in [2.45, 2.75) is 26.1 Å². The maximum Gasteiger partial charge on any atom is 0.258 e. The van der Waals surface area contributed by atoms with Gasteiger partial charge in [0.2, 0.25) is 0 Å². The van der Waals surface area contributed by atoms with Crippen LogP contribution in [0, 0.1) is 0 Å². The molecule has 3 N–H and O–H groups in total. The third-order valence-electron chi connectivity index (χ3n) is 6.21. The van der Waals surface area contributed by atoms with E-state index >= 15 is 0 Å². The van der Waals surface area contributed by atoms with Crippen molar-refractivity contribution in [3.63, 3.8) is 0 Å². The predicted molar refractivity (Wildman–Crippen MR) is 136 cm³/mol. The van der Waals surface area contributed by atoms with E-state index in [1.54, 1.807) is 11.9 Å². The lowest BCUT2D eigenvalue weighted by atomic mass is 10.1. The first-order valence-corrected chi connectivity index (χ1v) is 11.9. The summed E-state index contributed by atoms with van der Waals surface area (Å²) in [5, 5.41) is 23.9. The van der Waals surface area contributed by atoms with E-state index in [2.05, 4.69) is 5.32 Å². The van der Waals surface area contributed by atoms with Gasteiger partial charge in [0.15, 0.2) is 0 Å². The van der Waals surface area contributed by atoms with Gasteiger partial charge >= 0.3 is 0 Å². The maximum absolute atomic E-state index is 13.3. The highest BCUT2D eigenvalue weighted by Gasteiger charge is 2.28. The van der Waals surface area contributed by atoms with Crippen molar-refractivity contribution in [3.8, 4) is 17.2 Å². The quantitative estimate of drug-likeness (QED) is 0.398. The van der Waals surface area contributed by atoms with Crippen LogP contribution in [0.2, 0.25) is 0 Å². The highest BCUT2D eigenvalue weighted by atomic mass is 16.5. The van der Waals surface area contributed by atoms with Gasteiger partial charge in [-0.05, 0) is 54.9 Å². The summed E-state index contributed by atoms with van der Waals surface area (Å²) in [6, 6.07) is 17.6. The number of carbonyl (C=O) groups is 2. The summed E-state index contributed by atoms with van der Waals surface area (Å²) in [4.78, 5) is 29.5. The standard InChI is InChI=1S/C28H31N3O5/c1-29-11-6-12-36-22-10-9-20-17-31(18-21(20)13-22)28(35)24-14-23(25(32)15-26(24)33)27(34)30(2)16-19-7-4-3-5-8-19/h3-5,7-10,13-15,29,32-33H,6,11-12,16-18H2,1-2H3. The fourth-order valence-corrected chi connectivity index (χ4v) is 4.27. The number of rotatable bonds is 9. The van der Waals surface area contributed by atoms with Crippen molar-refractivity contribution < 1.29 is 24.5 Å². The monoisotopic (exact) mass is 489 g/mol. The van der Waals surface area contributed by atoms with Gasteiger partial charge in [-0.3, -0.25) is 9.59 Å². The predicted octanol–water partition coefficient (Wildman–Crippen LogP) is 3.51. The summed E-state index contributed by atoms with van der Waals surface area (Å²) in [7, 11) is 3.52. The van der Waals surface area contributed by atoms with Crippen molar-refractivity contribution in [2.24, 2.45) is 0 Å². The first-order valence-electron chi connectivity index (χ1n) is 11.9. The van der Waals surface area contributed by atoms with Gasteiger partial charge in [-0.15, -0.1) is 0 Å².